The maximum Gasteiger partial charge on any atom is 0.126 e. The van der Waals surface area contributed by atoms with E-state index in [4.69, 9.17) is 9.47 Å². The topological polar surface area (TPSA) is 38.7 Å². The third kappa shape index (κ3) is 2.80. The molecule has 3 nitrogen and oxygen atoms in total. The fourth-order valence-corrected chi connectivity index (χ4v) is 1.69. The van der Waals surface area contributed by atoms with Crippen molar-refractivity contribution in [2.24, 2.45) is 0 Å². The maximum atomic E-state index is 9.18. The van der Waals surface area contributed by atoms with Crippen LogP contribution >= 0.6 is 0 Å². The highest BCUT2D eigenvalue weighted by molar-refractivity contribution is 5.73. The summed E-state index contributed by atoms with van der Waals surface area (Å²) in [6.07, 6.45) is 0. The van der Waals surface area contributed by atoms with E-state index >= 15 is 0 Å². The van der Waals surface area contributed by atoms with Crippen LogP contribution in [-0.2, 0) is 0 Å². The first kappa shape index (κ1) is 13.6. The van der Waals surface area contributed by atoms with Crippen LogP contribution in [0, 0.1) is 6.92 Å². The molecule has 0 radical (unpaired) electrons. The quantitative estimate of drug-likeness (QED) is 0.873. The van der Waals surface area contributed by atoms with E-state index in [0.29, 0.717) is 0 Å². The summed E-state index contributed by atoms with van der Waals surface area (Å²) in [5, 5.41) is 9.18. The number of benzene rings is 1. The molecule has 0 aromatic heterocycles. The minimum Gasteiger partial charge on any atom is -0.496 e. The molecule has 94 valence electrons. The molecule has 0 heterocycles. The zero-order valence-electron chi connectivity index (χ0n) is 11.1. The number of aliphatic hydroxyl groups is 1. The molecule has 0 amide bonds. The lowest BCUT2D eigenvalue weighted by molar-refractivity contribution is 0.332. The fourth-order valence-electron chi connectivity index (χ4n) is 1.69. The molecule has 3 heteroatoms. The van der Waals surface area contributed by atoms with Gasteiger partial charge < -0.3 is 14.6 Å². The van der Waals surface area contributed by atoms with Crippen LogP contribution in [0.2, 0.25) is 0 Å². The van der Waals surface area contributed by atoms with Gasteiger partial charge in [0.15, 0.2) is 0 Å². The highest BCUT2D eigenvalue weighted by atomic mass is 16.5. The van der Waals surface area contributed by atoms with Crippen LogP contribution in [-0.4, -0.2) is 25.9 Å². The van der Waals surface area contributed by atoms with Gasteiger partial charge in [-0.3, -0.25) is 0 Å². The molecule has 1 aromatic carbocycles. The van der Waals surface area contributed by atoms with Gasteiger partial charge >= 0.3 is 0 Å². The van der Waals surface area contributed by atoms with E-state index in [-0.39, 0.29) is 6.61 Å². The number of methoxy groups -OCH3 is 2. The summed E-state index contributed by atoms with van der Waals surface area (Å²) in [6.45, 7) is 5.90. The van der Waals surface area contributed by atoms with Crippen molar-refractivity contribution in [2.75, 3.05) is 20.8 Å². The fraction of sp³-hybridized carbons (Fsp3) is 0.429. The van der Waals surface area contributed by atoms with Crippen molar-refractivity contribution in [1.82, 2.24) is 0 Å². The van der Waals surface area contributed by atoms with Gasteiger partial charge in [0.25, 0.3) is 0 Å². The minimum atomic E-state index is 0.0468. The number of hydrogen-bond donors (Lipinski definition) is 1. The van der Waals surface area contributed by atoms with Crippen molar-refractivity contribution in [3.63, 3.8) is 0 Å². The van der Waals surface area contributed by atoms with Crippen LogP contribution < -0.4 is 9.47 Å². The molecular weight excluding hydrogens is 216 g/mol. The van der Waals surface area contributed by atoms with Crippen molar-refractivity contribution in [3.8, 4) is 11.5 Å². The Labute approximate surface area is 103 Å². The van der Waals surface area contributed by atoms with Gasteiger partial charge in [0.2, 0.25) is 0 Å². The maximum absolute atomic E-state index is 9.18. The van der Waals surface area contributed by atoms with E-state index in [0.717, 1.165) is 33.8 Å². The number of allylic oxidation sites excluding steroid dienone is 1. The molecule has 0 atom stereocenters. The Morgan fingerprint density at radius 1 is 1.12 bits per heavy atom. The molecule has 1 aromatic rings. The Morgan fingerprint density at radius 3 is 2.18 bits per heavy atom. The smallest absolute Gasteiger partial charge is 0.126 e. The van der Waals surface area contributed by atoms with Crippen molar-refractivity contribution in [1.29, 1.82) is 0 Å². The van der Waals surface area contributed by atoms with Gasteiger partial charge in [-0.25, -0.2) is 0 Å². The number of rotatable bonds is 4. The summed E-state index contributed by atoms with van der Waals surface area (Å²) in [5.41, 5.74) is 3.93. The highest BCUT2D eigenvalue weighted by Gasteiger charge is 2.11. The van der Waals surface area contributed by atoms with Gasteiger partial charge in [0.05, 0.1) is 20.8 Å². The van der Waals surface area contributed by atoms with E-state index in [1.54, 1.807) is 14.2 Å². The first-order chi connectivity index (χ1) is 8.04. The van der Waals surface area contributed by atoms with Crippen LogP contribution in [0.3, 0.4) is 0 Å². The summed E-state index contributed by atoms with van der Waals surface area (Å²) < 4.78 is 10.7. The molecular formula is C14H20O3. The lowest BCUT2D eigenvalue weighted by atomic mass is 9.99. The molecule has 0 fully saturated rings. The van der Waals surface area contributed by atoms with Gasteiger partial charge in [-0.05, 0) is 49.6 Å². The van der Waals surface area contributed by atoms with Gasteiger partial charge in [-0.2, -0.15) is 0 Å². The molecule has 0 saturated heterocycles. The van der Waals surface area contributed by atoms with Gasteiger partial charge in [-0.15, -0.1) is 0 Å². The number of ether oxygens (including phenoxy) is 2. The molecule has 0 unspecified atom stereocenters. The Morgan fingerprint density at radius 2 is 1.71 bits per heavy atom. The van der Waals surface area contributed by atoms with Crippen LogP contribution in [0.4, 0.5) is 0 Å². The molecule has 0 aliphatic carbocycles. The predicted octanol–water partition coefficient (Wildman–Crippen LogP) is 2.80. The molecule has 1 rings (SSSR count). The summed E-state index contributed by atoms with van der Waals surface area (Å²) in [7, 11) is 3.29. The first-order valence-corrected chi connectivity index (χ1v) is 5.55. The molecule has 1 N–H and O–H groups in total. The molecule has 0 spiro atoms. The SMILES string of the molecule is COc1cc(/C(C)=C(\C)CO)c(OC)cc1C. The standard InChI is InChI=1S/C14H20O3/c1-9-6-14(17-5)12(7-13(9)16-4)11(3)10(2)8-15/h6-7,15H,8H2,1-5H3/b11-10+. The third-order valence-electron chi connectivity index (χ3n) is 3.00. The first-order valence-electron chi connectivity index (χ1n) is 5.55. The summed E-state index contributed by atoms with van der Waals surface area (Å²) in [6, 6.07) is 3.89. The normalized spacial score (nSPS) is 12.1. The van der Waals surface area contributed by atoms with Crippen LogP contribution in [0.25, 0.3) is 5.57 Å². The Hall–Kier alpha value is -1.48. The van der Waals surface area contributed by atoms with E-state index in [9.17, 15) is 5.11 Å². The Balaban J connectivity index is 3.41. The molecule has 0 aliphatic rings. The molecule has 17 heavy (non-hydrogen) atoms. The second kappa shape index (κ2) is 5.73. The van der Waals surface area contributed by atoms with Crippen LogP contribution in [0.5, 0.6) is 11.5 Å². The van der Waals surface area contributed by atoms with Gasteiger partial charge in [0, 0.05) is 5.56 Å². The van der Waals surface area contributed by atoms with Crippen LogP contribution in [0.15, 0.2) is 17.7 Å². The average molecular weight is 236 g/mol. The zero-order chi connectivity index (χ0) is 13.0. The molecule has 0 saturated carbocycles. The van der Waals surface area contributed by atoms with Crippen molar-refractivity contribution in [3.05, 3.63) is 28.8 Å². The molecule has 0 bridgehead atoms. The summed E-state index contributed by atoms with van der Waals surface area (Å²) in [4.78, 5) is 0. The van der Waals surface area contributed by atoms with E-state index in [1.165, 1.54) is 0 Å². The zero-order valence-corrected chi connectivity index (χ0v) is 11.1. The predicted molar refractivity (Wildman–Crippen MR) is 69.6 cm³/mol. The van der Waals surface area contributed by atoms with E-state index < -0.39 is 0 Å². The minimum absolute atomic E-state index is 0.0468. The number of aliphatic hydroxyl groups excluding tert-OH is 1. The number of aryl methyl sites for hydroxylation is 1. The lowest BCUT2D eigenvalue weighted by Crippen LogP contribution is -1.97. The van der Waals surface area contributed by atoms with Crippen molar-refractivity contribution < 1.29 is 14.6 Å². The van der Waals surface area contributed by atoms with Crippen LogP contribution in [0.1, 0.15) is 25.0 Å². The van der Waals surface area contributed by atoms with E-state index in [2.05, 4.69) is 0 Å². The lowest BCUT2D eigenvalue weighted by Gasteiger charge is -2.15. The van der Waals surface area contributed by atoms with Crippen molar-refractivity contribution in [2.45, 2.75) is 20.8 Å². The Kier molecular flexibility index (Phi) is 4.58. The summed E-state index contributed by atoms with van der Waals surface area (Å²) in [5.74, 6) is 1.62. The second-order valence-electron chi connectivity index (χ2n) is 4.09. The summed E-state index contributed by atoms with van der Waals surface area (Å²) >= 11 is 0. The largest absolute Gasteiger partial charge is 0.496 e. The molecule has 0 aliphatic heterocycles. The van der Waals surface area contributed by atoms with Gasteiger partial charge in [0.1, 0.15) is 11.5 Å². The van der Waals surface area contributed by atoms with Crippen molar-refractivity contribution >= 4 is 5.57 Å². The average Bonchev–Trinajstić information content (AvgIpc) is 2.36. The second-order valence-corrected chi connectivity index (χ2v) is 4.09. The highest BCUT2D eigenvalue weighted by Crippen LogP contribution is 2.33. The number of hydrogen-bond acceptors (Lipinski definition) is 3. The van der Waals surface area contributed by atoms with E-state index in [1.807, 2.05) is 32.9 Å². The van der Waals surface area contributed by atoms with Gasteiger partial charge in [-0.1, -0.05) is 0 Å². The Bertz CT molecular complexity index is 433. The third-order valence-corrected chi connectivity index (χ3v) is 3.00. The monoisotopic (exact) mass is 236 g/mol.